The molecule has 1 heterocycles. The molecule has 0 bridgehead atoms. The highest BCUT2D eigenvalue weighted by molar-refractivity contribution is 7.89. The first-order valence-corrected chi connectivity index (χ1v) is 8.70. The van der Waals surface area contributed by atoms with Crippen LogP contribution < -0.4 is 5.73 Å². The summed E-state index contributed by atoms with van der Waals surface area (Å²) in [5.74, 6) is 0. The van der Waals surface area contributed by atoms with Gasteiger partial charge in [-0.3, -0.25) is 0 Å². The van der Waals surface area contributed by atoms with Gasteiger partial charge in [-0.15, -0.1) is 0 Å². The van der Waals surface area contributed by atoms with Gasteiger partial charge in [0, 0.05) is 19.1 Å². The summed E-state index contributed by atoms with van der Waals surface area (Å²) < 4.78 is 32.6. The summed E-state index contributed by atoms with van der Waals surface area (Å²) >= 11 is 0. The molecule has 1 aliphatic heterocycles. The van der Waals surface area contributed by atoms with E-state index in [2.05, 4.69) is 0 Å². The molecule has 1 fully saturated rings. The molecular weight excluding hydrogens is 288 g/mol. The van der Waals surface area contributed by atoms with Crippen molar-refractivity contribution in [1.29, 1.82) is 0 Å². The van der Waals surface area contributed by atoms with Gasteiger partial charge >= 0.3 is 0 Å². The van der Waals surface area contributed by atoms with Crippen molar-refractivity contribution in [1.82, 2.24) is 4.31 Å². The van der Waals surface area contributed by atoms with Gasteiger partial charge in [-0.25, -0.2) is 8.42 Å². The molecule has 5 nitrogen and oxygen atoms in total. The Balaban J connectivity index is 2.31. The summed E-state index contributed by atoms with van der Waals surface area (Å²) in [5, 5.41) is 0. The summed E-state index contributed by atoms with van der Waals surface area (Å²) in [7, 11) is -3.50. The number of nitrogens with zero attached hydrogens (tertiary/aromatic N) is 1. The molecule has 1 saturated heterocycles. The van der Waals surface area contributed by atoms with Crippen LogP contribution in [0.2, 0.25) is 0 Å². The Morgan fingerprint density at radius 3 is 2.76 bits per heavy atom. The van der Waals surface area contributed by atoms with Crippen LogP contribution in [0.25, 0.3) is 0 Å². The summed E-state index contributed by atoms with van der Waals surface area (Å²) in [6, 6.07) is 6.80. The van der Waals surface area contributed by atoms with Crippen molar-refractivity contribution in [3.63, 3.8) is 0 Å². The largest absolute Gasteiger partial charge is 0.373 e. The van der Waals surface area contributed by atoms with Gasteiger partial charge in [-0.05, 0) is 38.0 Å². The van der Waals surface area contributed by atoms with E-state index in [1.54, 1.807) is 18.2 Å². The molecule has 1 aromatic carbocycles. The molecule has 21 heavy (non-hydrogen) atoms. The van der Waals surface area contributed by atoms with E-state index in [4.69, 9.17) is 10.5 Å². The molecule has 0 radical (unpaired) electrons. The van der Waals surface area contributed by atoms with Crippen molar-refractivity contribution < 1.29 is 13.2 Å². The zero-order valence-corrected chi connectivity index (χ0v) is 13.7. The minimum Gasteiger partial charge on any atom is -0.373 e. The van der Waals surface area contributed by atoms with Crippen LogP contribution in [0.15, 0.2) is 29.2 Å². The van der Waals surface area contributed by atoms with Crippen molar-refractivity contribution in [2.24, 2.45) is 5.73 Å². The van der Waals surface area contributed by atoms with Crippen LogP contribution in [0.3, 0.4) is 0 Å². The standard InChI is InChI=1S/C15H24N2O3S/c1-4-14(16)12-6-5-7-13(10-12)21(18,19)17-8-9-20-15(2,3)11-17/h5-7,10,14H,4,8-9,11,16H2,1-3H3. The molecule has 0 amide bonds. The highest BCUT2D eigenvalue weighted by Crippen LogP contribution is 2.25. The lowest BCUT2D eigenvalue weighted by atomic mass is 10.1. The van der Waals surface area contributed by atoms with E-state index in [0.29, 0.717) is 24.6 Å². The fourth-order valence-corrected chi connectivity index (χ4v) is 4.10. The Morgan fingerprint density at radius 1 is 1.43 bits per heavy atom. The fourth-order valence-electron chi connectivity index (χ4n) is 2.47. The van der Waals surface area contributed by atoms with Crippen molar-refractivity contribution in [3.05, 3.63) is 29.8 Å². The lowest BCUT2D eigenvalue weighted by molar-refractivity contribution is -0.0640. The third-order valence-corrected chi connectivity index (χ3v) is 5.60. The second-order valence-corrected chi connectivity index (χ2v) is 7.97. The molecule has 2 N–H and O–H groups in total. The molecule has 0 aromatic heterocycles. The van der Waals surface area contributed by atoms with Crippen LogP contribution in [0.1, 0.15) is 38.8 Å². The smallest absolute Gasteiger partial charge is 0.243 e. The van der Waals surface area contributed by atoms with Gasteiger partial charge < -0.3 is 10.5 Å². The van der Waals surface area contributed by atoms with Crippen molar-refractivity contribution >= 4 is 10.0 Å². The lowest BCUT2D eigenvalue weighted by Crippen LogP contribution is -2.50. The third-order valence-electron chi connectivity index (χ3n) is 3.75. The first-order valence-electron chi connectivity index (χ1n) is 7.26. The molecule has 6 heteroatoms. The van der Waals surface area contributed by atoms with E-state index < -0.39 is 15.6 Å². The number of morpholine rings is 1. The van der Waals surface area contributed by atoms with Gasteiger partial charge in [0.15, 0.2) is 0 Å². The Morgan fingerprint density at radius 2 is 2.14 bits per heavy atom. The average molecular weight is 312 g/mol. The van der Waals surface area contributed by atoms with E-state index >= 15 is 0 Å². The summed E-state index contributed by atoms with van der Waals surface area (Å²) in [5.41, 5.74) is 6.40. The molecule has 1 aliphatic rings. The predicted octanol–water partition coefficient (Wildman–Crippen LogP) is 1.90. The van der Waals surface area contributed by atoms with E-state index in [9.17, 15) is 8.42 Å². The summed E-state index contributed by atoms with van der Waals surface area (Å²) in [6.07, 6.45) is 0.772. The number of ether oxygens (including phenoxy) is 1. The van der Waals surface area contributed by atoms with Crippen LogP contribution in [0.5, 0.6) is 0 Å². The second-order valence-electron chi connectivity index (χ2n) is 6.03. The molecule has 2 rings (SSSR count). The first-order chi connectivity index (χ1) is 9.76. The zero-order chi connectivity index (χ0) is 15.7. The van der Waals surface area contributed by atoms with Crippen LogP contribution in [0.4, 0.5) is 0 Å². The Hall–Kier alpha value is -0.950. The lowest BCUT2D eigenvalue weighted by Gasteiger charge is -2.37. The number of hydrogen-bond donors (Lipinski definition) is 1. The van der Waals surface area contributed by atoms with E-state index in [1.165, 1.54) is 4.31 Å². The SMILES string of the molecule is CCC(N)c1cccc(S(=O)(=O)N2CCOC(C)(C)C2)c1. The van der Waals surface area contributed by atoms with Crippen molar-refractivity contribution in [3.8, 4) is 0 Å². The first kappa shape index (κ1) is 16.4. The third kappa shape index (κ3) is 3.63. The molecule has 1 unspecified atom stereocenters. The monoisotopic (exact) mass is 312 g/mol. The highest BCUT2D eigenvalue weighted by Gasteiger charge is 2.34. The van der Waals surface area contributed by atoms with Crippen LogP contribution >= 0.6 is 0 Å². The molecule has 118 valence electrons. The molecule has 1 aromatic rings. The summed E-state index contributed by atoms with van der Waals surface area (Å²) in [6.45, 7) is 6.95. The van der Waals surface area contributed by atoms with Gasteiger partial charge in [-0.1, -0.05) is 19.1 Å². The quantitative estimate of drug-likeness (QED) is 0.921. The molecule has 0 aliphatic carbocycles. The molecule has 0 spiro atoms. The normalized spacial score (nSPS) is 21.1. The number of rotatable bonds is 4. The number of nitrogens with two attached hydrogens (primary N) is 1. The van der Waals surface area contributed by atoms with Gasteiger partial charge in [0.1, 0.15) is 0 Å². The predicted molar refractivity (Wildman–Crippen MR) is 82.5 cm³/mol. The maximum Gasteiger partial charge on any atom is 0.243 e. The van der Waals surface area contributed by atoms with Crippen LogP contribution in [-0.4, -0.2) is 38.0 Å². The second kappa shape index (κ2) is 6.04. The van der Waals surface area contributed by atoms with Gasteiger partial charge in [0.2, 0.25) is 10.0 Å². The van der Waals surface area contributed by atoms with Crippen molar-refractivity contribution in [2.75, 3.05) is 19.7 Å². The molecular formula is C15H24N2O3S. The summed E-state index contributed by atoms with van der Waals surface area (Å²) in [4.78, 5) is 0.307. The van der Waals surface area contributed by atoms with E-state index in [1.807, 2.05) is 26.8 Å². The van der Waals surface area contributed by atoms with Gasteiger partial charge in [0.25, 0.3) is 0 Å². The Kier molecular flexibility index (Phi) is 4.72. The number of hydrogen-bond acceptors (Lipinski definition) is 4. The van der Waals surface area contributed by atoms with Crippen LogP contribution in [-0.2, 0) is 14.8 Å². The highest BCUT2D eigenvalue weighted by atomic mass is 32.2. The van der Waals surface area contributed by atoms with Crippen LogP contribution in [0, 0.1) is 0 Å². The molecule has 0 saturated carbocycles. The fraction of sp³-hybridized carbons (Fsp3) is 0.600. The topological polar surface area (TPSA) is 72.6 Å². The number of benzene rings is 1. The average Bonchev–Trinajstić information content (AvgIpc) is 2.45. The maximum atomic E-state index is 12.8. The minimum absolute atomic E-state index is 0.138. The minimum atomic E-state index is -3.50. The maximum absolute atomic E-state index is 12.8. The Labute approximate surface area is 127 Å². The molecule has 1 atom stereocenters. The number of sulfonamides is 1. The van der Waals surface area contributed by atoms with E-state index in [-0.39, 0.29) is 6.04 Å². The Bertz CT molecular complexity index is 599. The zero-order valence-electron chi connectivity index (χ0n) is 12.9. The van der Waals surface area contributed by atoms with Crippen molar-refractivity contribution in [2.45, 2.75) is 43.7 Å². The van der Waals surface area contributed by atoms with Gasteiger partial charge in [0.05, 0.1) is 17.1 Å². The van der Waals surface area contributed by atoms with E-state index in [0.717, 1.165) is 12.0 Å². The van der Waals surface area contributed by atoms with Gasteiger partial charge in [-0.2, -0.15) is 4.31 Å².